The van der Waals surface area contributed by atoms with Crippen LogP contribution >= 0.6 is 12.4 Å². The highest BCUT2D eigenvalue weighted by Crippen LogP contribution is 2.33. The number of pyridine rings is 1. The van der Waals surface area contributed by atoms with Crippen LogP contribution in [-0.2, 0) is 0 Å². The average molecular weight is 391 g/mol. The molecule has 5 nitrogen and oxygen atoms in total. The Bertz CT molecular complexity index is 1020. The molecule has 4 rings (SSSR count). The van der Waals surface area contributed by atoms with Crippen LogP contribution in [0.4, 0.5) is 14.5 Å². The van der Waals surface area contributed by atoms with Crippen molar-refractivity contribution in [2.75, 3.05) is 11.4 Å². The summed E-state index contributed by atoms with van der Waals surface area (Å²) in [6, 6.07) is 7.08. The minimum atomic E-state index is -0.980. The largest absolute Gasteiger partial charge is 0.305 e. The maximum Gasteiger partial charge on any atom is 0.277 e. The second kappa shape index (κ2) is 7.08. The number of rotatable bonds is 2. The number of hydrogen-bond donors (Lipinski definition) is 0. The molecule has 0 N–H and O–H groups in total. The van der Waals surface area contributed by atoms with Crippen molar-refractivity contribution >= 4 is 24.0 Å². The second-order valence-corrected chi connectivity index (χ2v) is 6.40. The van der Waals surface area contributed by atoms with Gasteiger partial charge in [0.25, 0.3) is 5.91 Å². The Balaban J connectivity index is 0.00000210. The number of amides is 1. The number of halogens is 3. The topological polar surface area (TPSA) is 51.0 Å². The van der Waals surface area contributed by atoms with Crippen LogP contribution in [0.1, 0.15) is 29.1 Å². The third-order valence-electron chi connectivity index (χ3n) is 4.53. The Morgan fingerprint density at radius 2 is 1.93 bits per heavy atom. The normalized spacial score (nSPS) is 16.1. The third-order valence-corrected chi connectivity index (χ3v) is 4.53. The highest BCUT2D eigenvalue weighted by Gasteiger charge is 2.34. The third kappa shape index (κ3) is 3.19. The summed E-state index contributed by atoms with van der Waals surface area (Å²) in [6.45, 7) is 4.13. The van der Waals surface area contributed by atoms with Gasteiger partial charge in [-0.2, -0.15) is 5.10 Å². The monoisotopic (exact) mass is 390 g/mol. The van der Waals surface area contributed by atoms with Gasteiger partial charge in [-0.3, -0.25) is 14.5 Å². The van der Waals surface area contributed by atoms with Crippen LogP contribution in [0.25, 0.3) is 11.1 Å². The molecule has 0 saturated carbocycles. The van der Waals surface area contributed by atoms with Crippen LogP contribution in [-0.4, -0.2) is 27.2 Å². The summed E-state index contributed by atoms with van der Waals surface area (Å²) in [7, 11) is 0. The molecule has 0 saturated heterocycles. The van der Waals surface area contributed by atoms with Crippen LogP contribution in [0.5, 0.6) is 0 Å². The molecule has 1 amide bonds. The number of anilines is 1. The van der Waals surface area contributed by atoms with Crippen molar-refractivity contribution in [3.63, 3.8) is 0 Å². The number of carbonyl (C=O) groups excluding carboxylic acids is 1. The van der Waals surface area contributed by atoms with Gasteiger partial charge in [0.2, 0.25) is 0 Å². The van der Waals surface area contributed by atoms with Crippen molar-refractivity contribution in [2.45, 2.75) is 19.9 Å². The summed E-state index contributed by atoms with van der Waals surface area (Å²) >= 11 is 0. The summed E-state index contributed by atoms with van der Waals surface area (Å²) in [5.41, 5.74) is 3.12. The van der Waals surface area contributed by atoms with Gasteiger partial charge in [-0.25, -0.2) is 8.78 Å². The number of carbonyl (C=O) groups is 1. The van der Waals surface area contributed by atoms with Crippen LogP contribution in [0.3, 0.4) is 0 Å². The molecule has 0 aliphatic carbocycles. The SMILES string of the molecule is Cc1cc(-c2cnn3c2C(=O)N(c2ccc(F)c(F)c2)CC3C)ccn1.Cl. The van der Waals surface area contributed by atoms with Crippen molar-refractivity contribution in [3.05, 3.63) is 65.7 Å². The van der Waals surface area contributed by atoms with Crippen LogP contribution in [0.2, 0.25) is 0 Å². The molecule has 0 fully saturated rings. The fraction of sp³-hybridized carbons (Fsp3) is 0.211. The second-order valence-electron chi connectivity index (χ2n) is 6.40. The maximum atomic E-state index is 13.6. The molecule has 1 unspecified atom stereocenters. The molecule has 3 aromatic rings. The summed E-state index contributed by atoms with van der Waals surface area (Å²) < 4.78 is 28.6. The average Bonchev–Trinajstić information content (AvgIpc) is 3.06. The molecular weight excluding hydrogens is 374 g/mol. The first-order valence-electron chi connectivity index (χ1n) is 8.23. The quantitative estimate of drug-likeness (QED) is 0.659. The molecule has 8 heteroatoms. The number of aromatic nitrogens is 3. The van der Waals surface area contributed by atoms with E-state index in [1.807, 2.05) is 26.0 Å². The lowest BCUT2D eigenvalue weighted by Crippen LogP contribution is -2.42. The van der Waals surface area contributed by atoms with E-state index < -0.39 is 11.6 Å². The Labute approximate surface area is 161 Å². The van der Waals surface area contributed by atoms with Crippen molar-refractivity contribution in [1.82, 2.24) is 14.8 Å². The van der Waals surface area contributed by atoms with Crippen molar-refractivity contribution < 1.29 is 13.6 Å². The van der Waals surface area contributed by atoms with E-state index in [9.17, 15) is 13.6 Å². The zero-order valence-electron chi connectivity index (χ0n) is 14.7. The van der Waals surface area contributed by atoms with E-state index in [1.54, 1.807) is 17.1 Å². The van der Waals surface area contributed by atoms with E-state index in [0.717, 1.165) is 23.4 Å². The van der Waals surface area contributed by atoms with Crippen LogP contribution < -0.4 is 4.90 Å². The van der Waals surface area contributed by atoms with E-state index in [1.165, 1.54) is 11.0 Å². The minimum absolute atomic E-state index is 0. The Kier molecular flexibility index (Phi) is 4.97. The number of hydrogen-bond acceptors (Lipinski definition) is 3. The maximum absolute atomic E-state index is 13.6. The molecule has 1 aromatic carbocycles. The number of benzene rings is 1. The number of aryl methyl sites for hydroxylation is 1. The molecule has 2 aromatic heterocycles. The van der Waals surface area contributed by atoms with E-state index in [4.69, 9.17) is 0 Å². The molecule has 0 spiro atoms. The summed E-state index contributed by atoms with van der Waals surface area (Å²) in [5.74, 6) is -2.22. The summed E-state index contributed by atoms with van der Waals surface area (Å²) in [4.78, 5) is 18.8. The van der Waals surface area contributed by atoms with E-state index in [-0.39, 0.29) is 24.4 Å². The molecule has 1 atom stereocenters. The molecule has 3 heterocycles. The Morgan fingerprint density at radius 3 is 2.63 bits per heavy atom. The van der Waals surface area contributed by atoms with Crippen molar-refractivity contribution in [1.29, 1.82) is 0 Å². The van der Waals surface area contributed by atoms with E-state index in [2.05, 4.69) is 10.1 Å². The zero-order valence-corrected chi connectivity index (χ0v) is 15.5. The van der Waals surface area contributed by atoms with Gasteiger partial charge in [-0.15, -0.1) is 12.4 Å². The Hall–Kier alpha value is -2.80. The first-order chi connectivity index (χ1) is 12.5. The highest BCUT2D eigenvalue weighted by molar-refractivity contribution is 6.09. The lowest BCUT2D eigenvalue weighted by Gasteiger charge is -2.32. The van der Waals surface area contributed by atoms with Gasteiger partial charge in [-0.1, -0.05) is 0 Å². The van der Waals surface area contributed by atoms with Crippen molar-refractivity contribution in [2.24, 2.45) is 0 Å². The van der Waals surface area contributed by atoms with E-state index in [0.29, 0.717) is 23.5 Å². The van der Waals surface area contributed by atoms with Gasteiger partial charge in [-0.05, 0) is 43.7 Å². The van der Waals surface area contributed by atoms with Crippen LogP contribution in [0.15, 0.2) is 42.7 Å². The van der Waals surface area contributed by atoms with Gasteiger partial charge < -0.3 is 4.90 Å². The minimum Gasteiger partial charge on any atom is -0.305 e. The van der Waals surface area contributed by atoms with Gasteiger partial charge in [0, 0.05) is 35.8 Å². The van der Waals surface area contributed by atoms with Gasteiger partial charge in [0.15, 0.2) is 11.6 Å². The smallest absolute Gasteiger partial charge is 0.277 e. The summed E-state index contributed by atoms with van der Waals surface area (Å²) in [5, 5.41) is 4.37. The zero-order chi connectivity index (χ0) is 18.4. The van der Waals surface area contributed by atoms with Crippen molar-refractivity contribution in [3.8, 4) is 11.1 Å². The lowest BCUT2D eigenvalue weighted by atomic mass is 10.0. The van der Waals surface area contributed by atoms with E-state index >= 15 is 0 Å². The highest BCUT2D eigenvalue weighted by atomic mass is 35.5. The molecule has 27 heavy (non-hydrogen) atoms. The lowest BCUT2D eigenvalue weighted by molar-refractivity contribution is 0.0954. The van der Waals surface area contributed by atoms with Gasteiger partial charge >= 0.3 is 0 Å². The number of fused-ring (bicyclic) bond motifs is 1. The Morgan fingerprint density at radius 1 is 1.15 bits per heavy atom. The molecule has 140 valence electrons. The van der Waals surface area contributed by atoms with Gasteiger partial charge in [0.1, 0.15) is 5.69 Å². The first kappa shape index (κ1) is 19.0. The molecule has 0 bridgehead atoms. The number of nitrogens with zero attached hydrogens (tertiary/aromatic N) is 4. The molecule has 1 aliphatic heterocycles. The predicted octanol–water partition coefficient (Wildman–Crippen LogP) is 4.17. The van der Waals surface area contributed by atoms with Gasteiger partial charge in [0.05, 0.1) is 12.2 Å². The first-order valence-corrected chi connectivity index (χ1v) is 8.23. The molecule has 1 aliphatic rings. The predicted molar refractivity (Wildman–Crippen MR) is 100 cm³/mol. The molecule has 0 radical (unpaired) electrons. The standard InChI is InChI=1S/C19H16F2N4O.ClH/c1-11-7-13(5-6-22-11)15-9-23-25-12(2)10-24(19(26)18(15)25)14-3-4-16(20)17(21)8-14;/h3-9,12H,10H2,1-2H3;1H. The fourth-order valence-corrected chi connectivity index (χ4v) is 3.26. The summed E-state index contributed by atoms with van der Waals surface area (Å²) in [6.07, 6.45) is 3.34. The van der Waals surface area contributed by atoms with Crippen LogP contribution in [0, 0.1) is 18.6 Å². The molecular formula is C19H17ClF2N4O. The fourth-order valence-electron chi connectivity index (χ4n) is 3.26.